The summed E-state index contributed by atoms with van der Waals surface area (Å²) in [4.78, 5) is 28.3. The van der Waals surface area contributed by atoms with Gasteiger partial charge in [0.1, 0.15) is 5.75 Å². The average Bonchev–Trinajstić information content (AvgIpc) is 2.61. The van der Waals surface area contributed by atoms with Crippen LogP contribution in [0.4, 0.5) is 4.79 Å². The molecule has 0 saturated heterocycles. The van der Waals surface area contributed by atoms with Crippen molar-refractivity contribution < 1.29 is 19.4 Å². The van der Waals surface area contributed by atoms with Gasteiger partial charge in [0, 0.05) is 32.4 Å². The lowest BCUT2D eigenvalue weighted by Gasteiger charge is -2.20. The van der Waals surface area contributed by atoms with Gasteiger partial charge in [-0.05, 0) is 17.7 Å². The Balaban J connectivity index is 1.83. The predicted octanol–water partition coefficient (Wildman–Crippen LogP) is 2.74. The maximum atomic E-state index is 12.0. The molecule has 0 saturated carbocycles. The normalized spacial score (nSPS) is 11.4. The zero-order valence-electron chi connectivity index (χ0n) is 14.2. The maximum absolute atomic E-state index is 12.0. The highest BCUT2D eigenvalue weighted by atomic mass is 16.5. The van der Waals surface area contributed by atoms with E-state index in [1.54, 1.807) is 26.2 Å². The third-order valence-electron chi connectivity index (χ3n) is 3.52. The zero-order chi connectivity index (χ0) is 18.2. The van der Waals surface area contributed by atoms with E-state index >= 15 is 0 Å². The number of carboxylic acid groups (broad SMARTS) is 1. The van der Waals surface area contributed by atoms with Gasteiger partial charge < -0.3 is 20.1 Å². The summed E-state index contributed by atoms with van der Waals surface area (Å²) >= 11 is 0. The number of pyridine rings is 1. The molecule has 7 heteroatoms. The number of nitrogens with zero attached hydrogens (tertiary/aromatic N) is 2. The second-order valence-corrected chi connectivity index (χ2v) is 5.70. The minimum absolute atomic E-state index is 0.142. The van der Waals surface area contributed by atoms with Crippen molar-refractivity contribution in [3.8, 4) is 11.6 Å². The largest absolute Gasteiger partial charge is 0.481 e. The fourth-order valence-electron chi connectivity index (χ4n) is 2.07. The Bertz CT molecular complexity index is 704. The van der Waals surface area contributed by atoms with E-state index in [2.05, 4.69) is 10.3 Å². The Morgan fingerprint density at radius 3 is 2.56 bits per heavy atom. The smallest absolute Gasteiger partial charge is 0.317 e. The van der Waals surface area contributed by atoms with E-state index < -0.39 is 11.9 Å². The number of hydrogen-bond acceptors (Lipinski definition) is 4. The van der Waals surface area contributed by atoms with Gasteiger partial charge in [0.2, 0.25) is 5.88 Å². The van der Waals surface area contributed by atoms with Gasteiger partial charge in [-0.25, -0.2) is 9.78 Å². The van der Waals surface area contributed by atoms with Crippen LogP contribution in [0, 0.1) is 5.92 Å². The first-order chi connectivity index (χ1) is 12.0. The number of carbonyl (C=O) groups is 2. The molecule has 1 aromatic heterocycles. The summed E-state index contributed by atoms with van der Waals surface area (Å²) in [5, 5.41) is 11.6. The lowest BCUT2D eigenvalue weighted by molar-refractivity contribution is -0.141. The number of ether oxygens (including phenoxy) is 1. The number of benzene rings is 1. The molecule has 1 unspecified atom stereocenters. The first kappa shape index (κ1) is 18.3. The number of nitrogens with one attached hydrogen (secondary N) is 1. The molecule has 0 aliphatic heterocycles. The van der Waals surface area contributed by atoms with E-state index in [0.717, 1.165) is 5.56 Å². The fraction of sp³-hybridized carbons (Fsp3) is 0.278. The Morgan fingerprint density at radius 1 is 1.24 bits per heavy atom. The predicted molar refractivity (Wildman–Crippen MR) is 92.4 cm³/mol. The number of amides is 2. The van der Waals surface area contributed by atoms with Crippen LogP contribution in [0.5, 0.6) is 11.6 Å². The van der Waals surface area contributed by atoms with E-state index in [1.165, 1.54) is 4.90 Å². The number of carbonyl (C=O) groups excluding carboxylic acids is 1. The second kappa shape index (κ2) is 8.68. The van der Waals surface area contributed by atoms with Crippen LogP contribution in [0.2, 0.25) is 0 Å². The molecule has 1 atom stereocenters. The highest BCUT2D eigenvalue weighted by Gasteiger charge is 2.17. The van der Waals surface area contributed by atoms with E-state index in [-0.39, 0.29) is 12.6 Å². The number of urea groups is 1. The van der Waals surface area contributed by atoms with Gasteiger partial charge >= 0.3 is 12.0 Å². The van der Waals surface area contributed by atoms with Crippen LogP contribution in [0.1, 0.15) is 12.5 Å². The van der Waals surface area contributed by atoms with Crippen LogP contribution in [-0.2, 0) is 11.3 Å². The molecule has 2 aromatic rings. The third kappa shape index (κ3) is 5.80. The second-order valence-electron chi connectivity index (χ2n) is 5.70. The lowest BCUT2D eigenvalue weighted by Crippen LogP contribution is -2.40. The van der Waals surface area contributed by atoms with Crippen LogP contribution < -0.4 is 10.1 Å². The molecule has 1 aromatic carbocycles. The Hall–Kier alpha value is -3.09. The molecule has 0 spiro atoms. The van der Waals surface area contributed by atoms with Gasteiger partial charge in [-0.1, -0.05) is 31.2 Å². The van der Waals surface area contributed by atoms with E-state index in [1.807, 2.05) is 36.4 Å². The van der Waals surface area contributed by atoms with Crippen molar-refractivity contribution in [2.24, 2.45) is 5.92 Å². The maximum Gasteiger partial charge on any atom is 0.317 e. The van der Waals surface area contributed by atoms with E-state index in [9.17, 15) is 9.59 Å². The van der Waals surface area contributed by atoms with Crippen molar-refractivity contribution >= 4 is 12.0 Å². The van der Waals surface area contributed by atoms with Crippen LogP contribution in [0.3, 0.4) is 0 Å². The summed E-state index contributed by atoms with van der Waals surface area (Å²) in [5.41, 5.74) is 0.813. The number of aliphatic carboxylic acids is 1. The average molecular weight is 343 g/mol. The molecule has 132 valence electrons. The topological polar surface area (TPSA) is 91.8 Å². The van der Waals surface area contributed by atoms with Crippen LogP contribution in [0.25, 0.3) is 0 Å². The SMILES string of the molecule is CC(CN(C)C(=O)NCc1ccc(Oc2ccccc2)nc1)C(=O)O. The molecule has 25 heavy (non-hydrogen) atoms. The molecule has 2 rings (SSSR count). The zero-order valence-corrected chi connectivity index (χ0v) is 14.2. The van der Waals surface area contributed by atoms with Crippen molar-refractivity contribution in [3.05, 3.63) is 54.2 Å². The Kier molecular flexibility index (Phi) is 6.33. The molecule has 2 N–H and O–H groups in total. The van der Waals surface area contributed by atoms with Crippen LogP contribution >= 0.6 is 0 Å². The molecule has 0 fully saturated rings. The fourth-order valence-corrected chi connectivity index (χ4v) is 2.07. The van der Waals surface area contributed by atoms with Crippen LogP contribution in [-0.4, -0.2) is 40.6 Å². The first-order valence-electron chi connectivity index (χ1n) is 7.85. The monoisotopic (exact) mass is 343 g/mol. The molecule has 2 amide bonds. The van der Waals surface area contributed by atoms with E-state index in [0.29, 0.717) is 18.2 Å². The highest BCUT2D eigenvalue weighted by Crippen LogP contribution is 2.18. The number of aromatic nitrogens is 1. The minimum atomic E-state index is -0.933. The summed E-state index contributed by atoms with van der Waals surface area (Å²) in [6, 6.07) is 12.5. The first-order valence-corrected chi connectivity index (χ1v) is 7.85. The van der Waals surface area contributed by atoms with E-state index in [4.69, 9.17) is 9.84 Å². The summed E-state index contributed by atoms with van der Waals surface area (Å²) in [7, 11) is 1.56. The molecule has 0 aliphatic carbocycles. The summed E-state index contributed by atoms with van der Waals surface area (Å²) < 4.78 is 5.60. The molecular formula is C18H21N3O4. The Morgan fingerprint density at radius 2 is 1.96 bits per heavy atom. The molecule has 0 aliphatic rings. The molecule has 1 heterocycles. The molecule has 0 radical (unpaired) electrons. The van der Waals surface area contributed by atoms with Gasteiger partial charge in [-0.15, -0.1) is 0 Å². The summed E-state index contributed by atoms with van der Waals surface area (Å²) in [5.74, 6) is -0.386. The number of carboxylic acids is 1. The van der Waals surface area contributed by atoms with Gasteiger partial charge in [-0.3, -0.25) is 4.79 Å². The highest BCUT2D eigenvalue weighted by molar-refractivity contribution is 5.75. The van der Waals surface area contributed by atoms with Gasteiger partial charge in [0.05, 0.1) is 5.92 Å². The molecular weight excluding hydrogens is 322 g/mol. The molecule has 0 bridgehead atoms. The quantitative estimate of drug-likeness (QED) is 0.806. The Labute approximate surface area is 146 Å². The van der Waals surface area contributed by atoms with Crippen LogP contribution in [0.15, 0.2) is 48.7 Å². The van der Waals surface area contributed by atoms with Crippen molar-refractivity contribution in [1.29, 1.82) is 0 Å². The lowest BCUT2D eigenvalue weighted by atomic mass is 10.2. The standard InChI is InChI=1S/C18H21N3O4/c1-13(17(22)23)12-21(2)18(24)20-11-14-8-9-16(19-10-14)25-15-6-4-3-5-7-15/h3-10,13H,11-12H2,1-2H3,(H,20,24)(H,22,23). The van der Waals surface area contributed by atoms with Crippen molar-refractivity contribution in [2.45, 2.75) is 13.5 Å². The number of para-hydroxylation sites is 1. The summed E-state index contributed by atoms with van der Waals surface area (Å²) in [6.07, 6.45) is 1.62. The van der Waals surface area contributed by atoms with Gasteiger partial charge in [0.15, 0.2) is 0 Å². The third-order valence-corrected chi connectivity index (χ3v) is 3.52. The van der Waals surface area contributed by atoms with Gasteiger partial charge in [-0.2, -0.15) is 0 Å². The number of hydrogen-bond donors (Lipinski definition) is 2. The number of rotatable bonds is 7. The minimum Gasteiger partial charge on any atom is -0.481 e. The van der Waals surface area contributed by atoms with Gasteiger partial charge in [0.25, 0.3) is 0 Å². The molecule has 7 nitrogen and oxygen atoms in total. The van der Waals surface area contributed by atoms with Crippen molar-refractivity contribution in [1.82, 2.24) is 15.2 Å². The summed E-state index contributed by atoms with van der Waals surface area (Å²) in [6.45, 7) is 1.99. The van der Waals surface area contributed by atoms with Crippen molar-refractivity contribution in [2.75, 3.05) is 13.6 Å². The van der Waals surface area contributed by atoms with Crippen molar-refractivity contribution in [3.63, 3.8) is 0 Å².